The molecule has 0 aromatic rings. The molecule has 0 saturated heterocycles. The maximum atomic E-state index is 3.98. The van der Waals surface area contributed by atoms with Gasteiger partial charge in [0.05, 0.1) is 4.99 Å². The first-order valence-corrected chi connectivity index (χ1v) is 2.27. The van der Waals surface area contributed by atoms with Crippen molar-refractivity contribution in [2.24, 2.45) is 0 Å². The Bertz CT molecular complexity index is 140. The summed E-state index contributed by atoms with van der Waals surface area (Å²) in [6.07, 6.45) is 7.64. The fraction of sp³-hybridized carbons (Fsp3) is 0.167. The molecule has 0 N–H and O–H groups in total. The molecule has 1 heteroatoms. The van der Waals surface area contributed by atoms with Crippen molar-refractivity contribution in [3.63, 3.8) is 0 Å². The van der Waals surface area contributed by atoms with E-state index in [1.165, 1.54) is 0 Å². The topological polar surface area (TPSA) is 14.1 Å². The minimum absolute atomic E-state index is 1.07. The van der Waals surface area contributed by atoms with Gasteiger partial charge >= 0.3 is 0 Å². The Kier molecular flexibility index (Phi) is 1.07. The van der Waals surface area contributed by atoms with E-state index in [0.717, 1.165) is 5.71 Å². The van der Waals surface area contributed by atoms with E-state index in [2.05, 4.69) is 4.99 Å². The third kappa shape index (κ3) is 1.000. The summed E-state index contributed by atoms with van der Waals surface area (Å²) in [5, 5.41) is 0. The van der Waals surface area contributed by atoms with E-state index in [-0.39, 0.29) is 0 Å². The molecule has 0 aromatic heterocycles. The van der Waals surface area contributed by atoms with Crippen LogP contribution in [0.15, 0.2) is 24.4 Å². The summed E-state index contributed by atoms with van der Waals surface area (Å²) < 4.78 is 0. The van der Waals surface area contributed by atoms with Gasteiger partial charge in [0.1, 0.15) is 0 Å². The molecule has 1 radical (unpaired) electrons. The van der Waals surface area contributed by atoms with E-state index >= 15 is 0 Å². The Labute approximate surface area is 43.1 Å². The van der Waals surface area contributed by atoms with Crippen molar-refractivity contribution in [2.45, 2.75) is 6.92 Å². The SMILES string of the molecule is CC1=[N+]C=CC=C1. The molecule has 0 bridgehead atoms. The molecule has 1 rings (SSSR count). The summed E-state index contributed by atoms with van der Waals surface area (Å²) in [7, 11) is 0. The highest BCUT2D eigenvalue weighted by atomic mass is 14.7. The molecule has 0 aliphatic carbocycles. The average Bonchev–Trinajstić information content (AvgIpc) is 1.69. The monoisotopic (exact) mass is 93.1 g/mol. The molecule has 1 nitrogen and oxygen atoms in total. The van der Waals surface area contributed by atoms with Crippen molar-refractivity contribution in [3.8, 4) is 0 Å². The van der Waals surface area contributed by atoms with E-state index < -0.39 is 0 Å². The number of rotatable bonds is 0. The highest BCUT2D eigenvalue weighted by Gasteiger charge is 1.95. The summed E-state index contributed by atoms with van der Waals surface area (Å²) in [6.45, 7) is 1.97. The Balaban J connectivity index is 2.82. The van der Waals surface area contributed by atoms with Gasteiger partial charge in [-0.1, -0.05) is 0 Å². The van der Waals surface area contributed by atoms with Crippen LogP contribution in [0, 0.1) is 0 Å². The fourth-order valence-electron chi connectivity index (χ4n) is 0.448. The van der Waals surface area contributed by atoms with Crippen molar-refractivity contribution in [2.75, 3.05) is 0 Å². The van der Waals surface area contributed by atoms with Gasteiger partial charge in [-0.2, -0.15) is 0 Å². The van der Waals surface area contributed by atoms with Crippen molar-refractivity contribution >= 4 is 5.71 Å². The largest absolute Gasteiger partial charge is 0.250 e. The second kappa shape index (κ2) is 1.73. The molecule has 0 amide bonds. The lowest BCUT2D eigenvalue weighted by Gasteiger charge is -1.74. The summed E-state index contributed by atoms with van der Waals surface area (Å²) in [5.74, 6) is 0. The zero-order chi connectivity index (χ0) is 5.11. The summed E-state index contributed by atoms with van der Waals surface area (Å²) in [6, 6.07) is 0. The van der Waals surface area contributed by atoms with Crippen LogP contribution in [-0.4, -0.2) is 5.71 Å². The lowest BCUT2D eigenvalue weighted by molar-refractivity contribution is 1.35. The van der Waals surface area contributed by atoms with Crippen LogP contribution in [0.2, 0.25) is 0 Å². The first-order chi connectivity index (χ1) is 3.39. The zero-order valence-electron chi connectivity index (χ0n) is 4.26. The molecule has 35 valence electrons. The maximum absolute atomic E-state index is 3.98. The standard InChI is InChI=1S/C6H7N/c1-6-4-2-3-5-7-6/h2-5H,1H3/q+1. The van der Waals surface area contributed by atoms with Gasteiger partial charge in [0.25, 0.3) is 5.71 Å². The van der Waals surface area contributed by atoms with Crippen LogP contribution >= 0.6 is 0 Å². The van der Waals surface area contributed by atoms with Crippen molar-refractivity contribution in [1.29, 1.82) is 0 Å². The molecule has 0 unspecified atom stereocenters. The smallest absolute Gasteiger partial charge is 0.0496 e. The second-order valence-corrected chi connectivity index (χ2v) is 1.47. The molecule has 0 fully saturated rings. The van der Waals surface area contributed by atoms with E-state index in [1.54, 1.807) is 6.20 Å². The number of nitrogens with zero attached hydrogens (tertiary/aromatic N) is 1. The maximum Gasteiger partial charge on any atom is 0.250 e. The van der Waals surface area contributed by atoms with Crippen molar-refractivity contribution in [3.05, 3.63) is 24.4 Å². The second-order valence-electron chi connectivity index (χ2n) is 1.47. The van der Waals surface area contributed by atoms with Crippen LogP contribution in [0.25, 0.3) is 0 Å². The van der Waals surface area contributed by atoms with Crippen LogP contribution in [0.3, 0.4) is 0 Å². The van der Waals surface area contributed by atoms with Crippen molar-refractivity contribution < 1.29 is 0 Å². The van der Waals surface area contributed by atoms with Gasteiger partial charge in [0.15, 0.2) is 0 Å². The number of aliphatic imine (C=N–C) groups is 1. The van der Waals surface area contributed by atoms with Gasteiger partial charge in [-0.05, 0) is 6.08 Å². The van der Waals surface area contributed by atoms with Crippen molar-refractivity contribution in [1.82, 2.24) is 4.99 Å². The molecule has 0 saturated carbocycles. The fourth-order valence-corrected chi connectivity index (χ4v) is 0.448. The van der Waals surface area contributed by atoms with Crippen LogP contribution in [0.5, 0.6) is 0 Å². The molecule has 7 heavy (non-hydrogen) atoms. The Morgan fingerprint density at radius 1 is 1.43 bits per heavy atom. The van der Waals surface area contributed by atoms with Crippen LogP contribution in [0.1, 0.15) is 6.92 Å². The summed E-state index contributed by atoms with van der Waals surface area (Å²) in [5.41, 5.74) is 1.07. The molecule has 1 heterocycles. The highest BCUT2D eigenvalue weighted by molar-refractivity contribution is 5.92. The predicted molar refractivity (Wildman–Crippen MR) is 31.1 cm³/mol. The van der Waals surface area contributed by atoms with Crippen LogP contribution in [0.4, 0.5) is 0 Å². The lowest BCUT2D eigenvalue weighted by atomic mass is 10.3. The first kappa shape index (κ1) is 4.31. The molecule has 1 aliphatic heterocycles. The predicted octanol–water partition coefficient (Wildman–Crippen LogP) is 0.867. The third-order valence-corrected chi connectivity index (χ3v) is 0.813. The number of hydrogen-bond donors (Lipinski definition) is 0. The van der Waals surface area contributed by atoms with Crippen LogP contribution < -0.4 is 4.99 Å². The normalized spacial score (nSPS) is 17.0. The van der Waals surface area contributed by atoms with E-state index in [4.69, 9.17) is 0 Å². The number of allylic oxidation sites excluding steroid dienone is 3. The van der Waals surface area contributed by atoms with Gasteiger partial charge in [0, 0.05) is 19.1 Å². The number of hydrogen-bond acceptors (Lipinski definition) is 1. The van der Waals surface area contributed by atoms with Gasteiger partial charge in [-0.25, -0.2) is 0 Å². The van der Waals surface area contributed by atoms with Gasteiger partial charge in [-0.15, -0.1) is 0 Å². The summed E-state index contributed by atoms with van der Waals surface area (Å²) in [4.78, 5) is 3.98. The molecule has 0 aromatic carbocycles. The molecule has 1 aliphatic rings. The molecule has 0 spiro atoms. The average molecular weight is 93.1 g/mol. The van der Waals surface area contributed by atoms with E-state index in [1.807, 2.05) is 25.2 Å². The first-order valence-electron chi connectivity index (χ1n) is 2.27. The van der Waals surface area contributed by atoms with Gasteiger partial charge < -0.3 is 0 Å². The molecule has 0 atom stereocenters. The minimum Gasteiger partial charge on any atom is -0.0496 e. The Hall–Kier alpha value is -0.850. The van der Waals surface area contributed by atoms with Crippen LogP contribution in [-0.2, 0) is 0 Å². The van der Waals surface area contributed by atoms with Gasteiger partial charge in [-0.3, -0.25) is 0 Å². The minimum atomic E-state index is 1.07. The van der Waals surface area contributed by atoms with E-state index in [0.29, 0.717) is 0 Å². The Morgan fingerprint density at radius 3 is 2.57 bits per heavy atom. The summed E-state index contributed by atoms with van der Waals surface area (Å²) >= 11 is 0. The quantitative estimate of drug-likeness (QED) is 0.422. The Morgan fingerprint density at radius 2 is 2.29 bits per heavy atom. The molecular formula is C6H7N+. The highest BCUT2D eigenvalue weighted by Crippen LogP contribution is 1.82. The zero-order valence-corrected chi connectivity index (χ0v) is 4.26. The molecular weight excluding hydrogens is 86.1 g/mol. The third-order valence-electron chi connectivity index (χ3n) is 0.813. The van der Waals surface area contributed by atoms with E-state index in [9.17, 15) is 0 Å². The van der Waals surface area contributed by atoms with Gasteiger partial charge in [0.2, 0.25) is 6.20 Å². The lowest BCUT2D eigenvalue weighted by Crippen LogP contribution is -1.94.